The predicted octanol–water partition coefficient (Wildman–Crippen LogP) is 0.550. The smallest absolute Gasteiger partial charge is 0.320 e. The molecule has 3 unspecified atom stereocenters. The van der Waals surface area contributed by atoms with E-state index in [1.165, 1.54) is 6.92 Å². The molecule has 6 heteroatoms. The van der Waals surface area contributed by atoms with Crippen LogP contribution in [0, 0.1) is 11.8 Å². The van der Waals surface area contributed by atoms with Crippen molar-refractivity contribution in [3.63, 3.8) is 0 Å². The monoisotopic (exact) mass is 271 g/mol. The maximum atomic E-state index is 11.9. The summed E-state index contributed by atoms with van der Waals surface area (Å²) in [6, 6.07) is -0.267. The van der Waals surface area contributed by atoms with Gasteiger partial charge in [0.25, 0.3) is 0 Å². The zero-order chi connectivity index (χ0) is 14.6. The number of hydrogen-bond donors (Lipinski definition) is 1. The lowest BCUT2D eigenvalue weighted by Gasteiger charge is -2.39. The van der Waals surface area contributed by atoms with E-state index >= 15 is 0 Å². The van der Waals surface area contributed by atoms with E-state index in [2.05, 4.69) is 0 Å². The molecule has 0 spiro atoms. The summed E-state index contributed by atoms with van der Waals surface area (Å²) < 4.78 is 4.88. The van der Waals surface area contributed by atoms with Gasteiger partial charge in [-0.2, -0.15) is 0 Å². The van der Waals surface area contributed by atoms with Crippen LogP contribution in [0.25, 0.3) is 0 Å². The molecule has 0 bridgehead atoms. The number of ether oxygens (including phenoxy) is 1. The summed E-state index contributed by atoms with van der Waals surface area (Å²) in [6.45, 7) is 5.95. The molecule has 0 amide bonds. The Morgan fingerprint density at radius 1 is 1.53 bits per heavy atom. The zero-order valence-corrected chi connectivity index (χ0v) is 11.6. The fourth-order valence-corrected chi connectivity index (χ4v) is 2.57. The van der Waals surface area contributed by atoms with Crippen molar-refractivity contribution >= 4 is 17.7 Å². The number of aliphatic carboxylic acids is 1. The summed E-state index contributed by atoms with van der Waals surface area (Å²) in [7, 11) is 0. The standard InChI is InChI=1S/C13H21NO5/c1-4-19-11(16)7-14-6-5-10(15)12(9(14)3)8(2)13(17)18/h8-9,12H,4-7H2,1-3H3,(H,17,18). The Kier molecular flexibility index (Phi) is 5.47. The molecular weight excluding hydrogens is 250 g/mol. The molecule has 1 aliphatic heterocycles. The average Bonchev–Trinajstić information content (AvgIpc) is 2.33. The maximum Gasteiger partial charge on any atom is 0.320 e. The summed E-state index contributed by atoms with van der Waals surface area (Å²) >= 11 is 0. The van der Waals surface area contributed by atoms with E-state index in [9.17, 15) is 14.4 Å². The topological polar surface area (TPSA) is 83.9 Å². The zero-order valence-electron chi connectivity index (χ0n) is 11.6. The van der Waals surface area contributed by atoms with E-state index in [4.69, 9.17) is 9.84 Å². The van der Waals surface area contributed by atoms with E-state index < -0.39 is 17.8 Å². The molecule has 0 aromatic heterocycles. The first kappa shape index (κ1) is 15.6. The lowest BCUT2D eigenvalue weighted by molar-refractivity contribution is -0.152. The molecule has 3 atom stereocenters. The molecule has 0 aromatic rings. The molecule has 1 rings (SSSR count). The first-order valence-electron chi connectivity index (χ1n) is 6.53. The molecule has 1 saturated heterocycles. The molecule has 19 heavy (non-hydrogen) atoms. The van der Waals surface area contributed by atoms with Gasteiger partial charge in [0.2, 0.25) is 0 Å². The highest BCUT2D eigenvalue weighted by atomic mass is 16.5. The number of carbonyl (C=O) groups excluding carboxylic acids is 2. The number of carboxylic acids is 1. The normalized spacial score (nSPS) is 25.9. The van der Waals surface area contributed by atoms with Crippen molar-refractivity contribution < 1.29 is 24.2 Å². The molecule has 6 nitrogen and oxygen atoms in total. The van der Waals surface area contributed by atoms with Crippen molar-refractivity contribution in [2.45, 2.75) is 33.2 Å². The minimum atomic E-state index is -0.983. The van der Waals surface area contributed by atoms with Crippen LogP contribution in [0.2, 0.25) is 0 Å². The Labute approximate surface area is 112 Å². The Hall–Kier alpha value is -1.43. The highest BCUT2D eigenvalue weighted by molar-refractivity contribution is 5.87. The molecule has 0 aliphatic carbocycles. The molecule has 0 saturated carbocycles. The number of Topliss-reactive ketones (excluding diaryl/α,β-unsaturated/α-hetero) is 1. The van der Waals surface area contributed by atoms with Crippen LogP contribution in [0.3, 0.4) is 0 Å². The van der Waals surface area contributed by atoms with Crippen molar-refractivity contribution in [2.75, 3.05) is 19.7 Å². The summed E-state index contributed by atoms with van der Waals surface area (Å²) in [5, 5.41) is 9.06. The van der Waals surface area contributed by atoms with Gasteiger partial charge in [-0.3, -0.25) is 19.3 Å². The molecule has 1 heterocycles. The van der Waals surface area contributed by atoms with Gasteiger partial charge in [0, 0.05) is 24.9 Å². The average molecular weight is 271 g/mol. The maximum absolute atomic E-state index is 11.9. The van der Waals surface area contributed by atoms with Crippen LogP contribution < -0.4 is 0 Å². The SMILES string of the molecule is CCOC(=O)CN1CCC(=O)C(C(C)C(=O)O)C1C. The number of piperidine rings is 1. The van der Waals surface area contributed by atoms with Gasteiger partial charge in [0.1, 0.15) is 5.78 Å². The first-order valence-corrected chi connectivity index (χ1v) is 6.53. The molecule has 1 aliphatic rings. The number of ketones is 1. The second-order valence-corrected chi connectivity index (χ2v) is 4.89. The van der Waals surface area contributed by atoms with Gasteiger partial charge in [-0.15, -0.1) is 0 Å². The van der Waals surface area contributed by atoms with E-state index in [0.717, 1.165) is 0 Å². The third-order valence-corrected chi connectivity index (χ3v) is 3.68. The number of carbonyl (C=O) groups is 3. The van der Waals surface area contributed by atoms with Gasteiger partial charge in [-0.1, -0.05) is 6.92 Å². The number of hydrogen-bond acceptors (Lipinski definition) is 5. The van der Waals surface area contributed by atoms with Crippen LogP contribution >= 0.6 is 0 Å². The van der Waals surface area contributed by atoms with Crippen LogP contribution in [0.4, 0.5) is 0 Å². The Balaban J connectivity index is 2.75. The van der Waals surface area contributed by atoms with Crippen molar-refractivity contribution in [3.8, 4) is 0 Å². The van der Waals surface area contributed by atoms with Gasteiger partial charge in [-0.25, -0.2) is 0 Å². The van der Waals surface area contributed by atoms with Gasteiger partial charge >= 0.3 is 11.9 Å². The van der Waals surface area contributed by atoms with Crippen LogP contribution in [0.1, 0.15) is 27.2 Å². The van der Waals surface area contributed by atoms with Crippen molar-refractivity contribution in [1.29, 1.82) is 0 Å². The van der Waals surface area contributed by atoms with E-state index in [0.29, 0.717) is 13.2 Å². The second-order valence-electron chi connectivity index (χ2n) is 4.89. The summed E-state index contributed by atoms with van der Waals surface area (Å²) in [5.74, 6) is -2.68. The molecule has 0 radical (unpaired) electrons. The van der Waals surface area contributed by atoms with Crippen molar-refractivity contribution in [3.05, 3.63) is 0 Å². The van der Waals surface area contributed by atoms with Gasteiger partial charge in [-0.05, 0) is 13.8 Å². The largest absolute Gasteiger partial charge is 0.481 e. The van der Waals surface area contributed by atoms with Crippen molar-refractivity contribution in [2.24, 2.45) is 11.8 Å². The summed E-state index contributed by atoms with van der Waals surface area (Å²) in [6.07, 6.45) is 0.284. The minimum absolute atomic E-state index is 0.0393. The third-order valence-electron chi connectivity index (χ3n) is 3.68. The van der Waals surface area contributed by atoms with Crippen LogP contribution in [-0.2, 0) is 19.1 Å². The lowest BCUT2D eigenvalue weighted by atomic mass is 9.80. The quantitative estimate of drug-likeness (QED) is 0.735. The number of carboxylic acid groups (broad SMARTS) is 1. The predicted molar refractivity (Wildman–Crippen MR) is 67.6 cm³/mol. The number of likely N-dealkylation sites (tertiary alicyclic amines) is 1. The summed E-state index contributed by atoms with van der Waals surface area (Å²) in [4.78, 5) is 36.3. The van der Waals surface area contributed by atoms with Crippen LogP contribution in [0.15, 0.2) is 0 Å². The fourth-order valence-electron chi connectivity index (χ4n) is 2.57. The fraction of sp³-hybridized carbons (Fsp3) is 0.769. The Morgan fingerprint density at radius 2 is 2.16 bits per heavy atom. The van der Waals surface area contributed by atoms with Gasteiger partial charge in [0.05, 0.1) is 19.1 Å². The van der Waals surface area contributed by atoms with Gasteiger partial charge in [0.15, 0.2) is 0 Å². The molecular formula is C13H21NO5. The second kappa shape index (κ2) is 6.65. The first-order chi connectivity index (χ1) is 8.88. The number of rotatable bonds is 5. The Morgan fingerprint density at radius 3 is 2.68 bits per heavy atom. The molecule has 1 N–H and O–H groups in total. The third kappa shape index (κ3) is 3.76. The van der Waals surface area contributed by atoms with Crippen LogP contribution in [-0.4, -0.2) is 53.5 Å². The highest BCUT2D eigenvalue weighted by Gasteiger charge is 2.40. The lowest BCUT2D eigenvalue weighted by Crippen LogP contribution is -2.52. The van der Waals surface area contributed by atoms with E-state index in [-0.39, 0.29) is 30.8 Å². The number of esters is 1. The Bertz CT molecular complexity index is 368. The van der Waals surface area contributed by atoms with E-state index in [1.807, 2.05) is 4.90 Å². The molecule has 1 fully saturated rings. The van der Waals surface area contributed by atoms with Crippen molar-refractivity contribution in [1.82, 2.24) is 4.90 Å². The number of nitrogens with zero attached hydrogens (tertiary/aromatic N) is 1. The summed E-state index contributed by atoms with van der Waals surface area (Å²) in [5.41, 5.74) is 0. The minimum Gasteiger partial charge on any atom is -0.481 e. The van der Waals surface area contributed by atoms with Gasteiger partial charge < -0.3 is 9.84 Å². The van der Waals surface area contributed by atoms with Crippen LogP contribution in [0.5, 0.6) is 0 Å². The molecule has 0 aromatic carbocycles. The highest BCUT2D eigenvalue weighted by Crippen LogP contribution is 2.27. The molecule has 108 valence electrons. The van der Waals surface area contributed by atoms with E-state index in [1.54, 1.807) is 13.8 Å².